The van der Waals surface area contributed by atoms with Crippen molar-refractivity contribution in [2.75, 3.05) is 13.2 Å². The van der Waals surface area contributed by atoms with Crippen molar-refractivity contribution in [1.82, 2.24) is 9.88 Å². The molecule has 0 saturated heterocycles. The number of H-pyrrole nitrogens is 1. The van der Waals surface area contributed by atoms with Crippen LogP contribution >= 0.6 is 0 Å². The molecule has 2 rings (SSSR count). The molecule has 4 nitrogen and oxygen atoms in total. The van der Waals surface area contributed by atoms with Gasteiger partial charge in [0.1, 0.15) is 0 Å². The monoisotopic (exact) mass is 274 g/mol. The van der Waals surface area contributed by atoms with Crippen LogP contribution in [-0.4, -0.2) is 40.1 Å². The minimum absolute atomic E-state index is 0.00190. The van der Waals surface area contributed by atoms with Crippen LogP contribution in [0.2, 0.25) is 0 Å². The molecule has 20 heavy (non-hydrogen) atoms. The third-order valence-corrected chi connectivity index (χ3v) is 3.81. The van der Waals surface area contributed by atoms with Crippen molar-refractivity contribution in [1.29, 1.82) is 0 Å². The van der Waals surface area contributed by atoms with Crippen LogP contribution in [0.5, 0.6) is 0 Å². The first-order valence-corrected chi connectivity index (χ1v) is 7.20. The van der Waals surface area contributed by atoms with E-state index in [1.807, 2.05) is 30.5 Å². The highest BCUT2D eigenvalue weighted by Gasteiger charge is 2.23. The maximum absolute atomic E-state index is 12.8. The summed E-state index contributed by atoms with van der Waals surface area (Å²) >= 11 is 0. The number of carbonyl (C=O) groups excluding carboxylic acids is 1. The Morgan fingerprint density at radius 3 is 2.70 bits per heavy atom. The van der Waals surface area contributed by atoms with Crippen molar-refractivity contribution in [2.24, 2.45) is 0 Å². The maximum Gasteiger partial charge on any atom is 0.254 e. The van der Waals surface area contributed by atoms with E-state index in [-0.39, 0.29) is 18.6 Å². The first kappa shape index (κ1) is 14.6. The smallest absolute Gasteiger partial charge is 0.254 e. The van der Waals surface area contributed by atoms with E-state index in [4.69, 9.17) is 0 Å². The average molecular weight is 274 g/mol. The van der Waals surface area contributed by atoms with Crippen molar-refractivity contribution < 1.29 is 9.90 Å². The maximum atomic E-state index is 12.8. The predicted molar refractivity (Wildman–Crippen MR) is 80.8 cm³/mol. The van der Waals surface area contributed by atoms with E-state index in [2.05, 4.69) is 18.8 Å². The van der Waals surface area contributed by atoms with Crippen molar-refractivity contribution in [3.63, 3.8) is 0 Å². The number of rotatable bonds is 6. The summed E-state index contributed by atoms with van der Waals surface area (Å²) in [6, 6.07) is 7.79. The molecule has 1 aromatic carbocycles. The molecule has 0 aliphatic rings. The van der Waals surface area contributed by atoms with Gasteiger partial charge in [0.2, 0.25) is 0 Å². The lowest BCUT2D eigenvalue weighted by molar-refractivity contribution is 0.0624. The Hall–Kier alpha value is -1.81. The zero-order chi connectivity index (χ0) is 14.5. The van der Waals surface area contributed by atoms with Gasteiger partial charge in [-0.3, -0.25) is 4.79 Å². The molecular weight excluding hydrogens is 252 g/mol. The van der Waals surface area contributed by atoms with Crippen LogP contribution in [0.3, 0.4) is 0 Å². The molecule has 2 aromatic rings. The van der Waals surface area contributed by atoms with Crippen molar-refractivity contribution in [2.45, 2.75) is 32.7 Å². The Labute approximate surface area is 119 Å². The third-order valence-electron chi connectivity index (χ3n) is 3.81. The summed E-state index contributed by atoms with van der Waals surface area (Å²) in [5.41, 5.74) is 1.66. The SMILES string of the molecule is CCC(CC)N(CCO)C(=O)c1cccc2[nH]ccc12. The van der Waals surface area contributed by atoms with Crippen molar-refractivity contribution in [3.05, 3.63) is 36.0 Å². The van der Waals surface area contributed by atoms with Gasteiger partial charge in [-0.1, -0.05) is 19.9 Å². The van der Waals surface area contributed by atoms with Gasteiger partial charge in [-0.25, -0.2) is 0 Å². The minimum atomic E-state index is -0.00858. The van der Waals surface area contributed by atoms with Gasteiger partial charge in [0.05, 0.1) is 6.61 Å². The number of fused-ring (bicyclic) bond motifs is 1. The number of hydrogen-bond acceptors (Lipinski definition) is 2. The molecular formula is C16H22N2O2. The molecule has 108 valence electrons. The number of nitrogens with zero attached hydrogens (tertiary/aromatic N) is 1. The fourth-order valence-electron chi connectivity index (χ4n) is 2.71. The lowest BCUT2D eigenvalue weighted by atomic mass is 10.1. The molecule has 0 aliphatic carbocycles. The molecule has 1 aromatic heterocycles. The highest BCUT2D eigenvalue weighted by molar-refractivity contribution is 6.06. The lowest BCUT2D eigenvalue weighted by Crippen LogP contribution is -2.41. The molecule has 0 atom stereocenters. The molecule has 1 amide bonds. The number of aromatic nitrogens is 1. The number of aromatic amines is 1. The first-order valence-electron chi connectivity index (χ1n) is 7.20. The number of aliphatic hydroxyl groups excluding tert-OH is 1. The summed E-state index contributed by atoms with van der Waals surface area (Å²) < 4.78 is 0. The Morgan fingerprint density at radius 1 is 1.30 bits per heavy atom. The van der Waals surface area contributed by atoms with Crippen LogP contribution in [0, 0.1) is 0 Å². The fourth-order valence-corrected chi connectivity index (χ4v) is 2.71. The molecule has 0 saturated carbocycles. The predicted octanol–water partition coefficient (Wildman–Crippen LogP) is 2.79. The summed E-state index contributed by atoms with van der Waals surface area (Å²) in [5, 5.41) is 10.2. The summed E-state index contributed by atoms with van der Waals surface area (Å²) in [4.78, 5) is 17.7. The van der Waals surface area contributed by atoms with E-state index in [1.165, 1.54) is 0 Å². The summed E-state index contributed by atoms with van der Waals surface area (Å²) in [6.45, 7) is 4.52. The second-order valence-corrected chi connectivity index (χ2v) is 4.94. The number of nitrogens with one attached hydrogen (secondary N) is 1. The summed E-state index contributed by atoms with van der Waals surface area (Å²) in [6.07, 6.45) is 3.63. The van der Waals surface area contributed by atoms with Crippen LogP contribution in [0.4, 0.5) is 0 Å². The standard InChI is InChI=1S/C16H22N2O2/c1-3-12(4-2)18(10-11-19)16(20)14-6-5-7-15-13(14)8-9-17-15/h5-9,12,17,19H,3-4,10-11H2,1-2H3. The molecule has 0 bridgehead atoms. The molecule has 2 N–H and O–H groups in total. The minimum Gasteiger partial charge on any atom is -0.395 e. The van der Waals surface area contributed by atoms with Gasteiger partial charge < -0.3 is 15.0 Å². The first-order chi connectivity index (χ1) is 9.72. The largest absolute Gasteiger partial charge is 0.395 e. The Balaban J connectivity index is 2.38. The molecule has 0 aliphatic heterocycles. The molecule has 0 spiro atoms. The molecule has 0 radical (unpaired) electrons. The van der Waals surface area contributed by atoms with Gasteiger partial charge in [0, 0.05) is 35.2 Å². The van der Waals surface area contributed by atoms with E-state index in [0.29, 0.717) is 12.1 Å². The number of carbonyl (C=O) groups is 1. The zero-order valence-electron chi connectivity index (χ0n) is 12.1. The highest BCUT2D eigenvalue weighted by atomic mass is 16.3. The molecule has 1 heterocycles. The van der Waals surface area contributed by atoms with E-state index >= 15 is 0 Å². The molecule has 4 heteroatoms. The van der Waals surface area contributed by atoms with E-state index in [9.17, 15) is 9.90 Å². The number of amides is 1. The lowest BCUT2D eigenvalue weighted by Gasteiger charge is -2.30. The van der Waals surface area contributed by atoms with Gasteiger partial charge in [-0.15, -0.1) is 0 Å². The summed E-state index contributed by atoms with van der Waals surface area (Å²) in [5.74, 6) is -0.00190. The van der Waals surface area contributed by atoms with Gasteiger partial charge in [0.25, 0.3) is 5.91 Å². The summed E-state index contributed by atoms with van der Waals surface area (Å²) in [7, 11) is 0. The van der Waals surface area contributed by atoms with Crippen molar-refractivity contribution >= 4 is 16.8 Å². The van der Waals surface area contributed by atoms with Crippen LogP contribution in [0.15, 0.2) is 30.5 Å². The quantitative estimate of drug-likeness (QED) is 0.851. The van der Waals surface area contributed by atoms with Crippen LogP contribution < -0.4 is 0 Å². The van der Waals surface area contributed by atoms with Gasteiger partial charge in [-0.2, -0.15) is 0 Å². The molecule has 0 fully saturated rings. The van der Waals surface area contributed by atoms with E-state index < -0.39 is 0 Å². The molecule has 0 unspecified atom stereocenters. The van der Waals surface area contributed by atoms with Crippen LogP contribution in [0.25, 0.3) is 10.9 Å². The van der Waals surface area contributed by atoms with E-state index in [1.54, 1.807) is 4.90 Å². The normalized spacial score (nSPS) is 11.2. The second-order valence-electron chi connectivity index (χ2n) is 4.94. The van der Waals surface area contributed by atoms with Crippen LogP contribution in [-0.2, 0) is 0 Å². The van der Waals surface area contributed by atoms with Crippen molar-refractivity contribution in [3.8, 4) is 0 Å². The van der Waals surface area contributed by atoms with Crippen LogP contribution in [0.1, 0.15) is 37.0 Å². The average Bonchev–Trinajstić information content (AvgIpc) is 2.95. The Kier molecular flexibility index (Phi) is 4.79. The highest BCUT2D eigenvalue weighted by Crippen LogP contribution is 2.21. The number of hydrogen-bond donors (Lipinski definition) is 2. The van der Waals surface area contributed by atoms with Gasteiger partial charge >= 0.3 is 0 Å². The van der Waals surface area contributed by atoms with E-state index in [0.717, 1.165) is 23.7 Å². The second kappa shape index (κ2) is 6.57. The Morgan fingerprint density at radius 2 is 2.05 bits per heavy atom. The third kappa shape index (κ3) is 2.70. The topological polar surface area (TPSA) is 56.3 Å². The van der Waals surface area contributed by atoms with Gasteiger partial charge in [-0.05, 0) is 31.0 Å². The fraction of sp³-hybridized carbons (Fsp3) is 0.438. The Bertz CT molecular complexity index is 573. The zero-order valence-corrected chi connectivity index (χ0v) is 12.1. The number of benzene rings is 1. The number of aliphatic hydroxyl groups is 1. The van der Waals surface area contributed by atoms with Gasteiger partial charge in [0.15, 0.2) is 0 Å².